The van der Waals surface area contributed by atoms with E-state index in [1.807, 2.05) is 0 Å². The van der Waals surface area contributed by atoms with Gasteiger partial charge in [0.1, 0.15) is 0 Å². The fraction of sp³-hybridized carbons (Fsp3) is 0.700. The summed E-state index contributed by atoms with van der Waals surface area (Å²) in [6, 6.07) is 0. The first-order valence-corrected chi connectivity index (χ1v) is 5.10. The number of ketones is 1. The van der Waals surface area contributed by atoms with Crippen LogP contribution in [0.5, 0.6) is 0 Å². The number of carbonyl (C=O) groups is 3. The minimum Gasteiger partial charge on any atom is -0.356 e. The Labute approximate surface area is 88.6 Å². The first-order valence-electron chi connectivity index (χ1n) is 5.10. The average molecular weight is 212 g/mol. The van der Waals surface area contributed by atoms with Gasteiger partial charge in [0.15, 0.2) is 0 Å². The first-order chi connectivity index (χ1) is 7.06. The zero-order chi connectivity index (χ0) is 11.4. The molecular weight excluding hydrogens is 196 g/mol. The third-order valence-corrected chi connectivity index (χ3v) is 2.70. The van der Waals surface area contributed by atoms with E-state index in [0.717, 1.165) is 6.42 Å². The van der Waals surface area contributed by atoms with Crippen molar-refractivity contribution in [2.24, 2.45) is 11.8 Å². The molecule has 1 fully saturated rings. The summed E-state index contributed by atoms with van der Waals surface area (Å²) in [7, 11) is 1.43. The standard InChI is InChI=1S/C10H16N2O3/c1-6(8(13)10(15)11-2)5-7-3-4-12-9(7)14/h6-7H,3-5H2,1-2H3,(H,11,15)(H,12,14). The normalized spacial score (nSPS) is 22.0. The van der Waals surface area contributed by atoms with Gasteiger partial charge in [-0.2, -0.15) is 0 Å². The monoisotopic (exact) mass is 212 g/mol. The molecule has 2 amide bonds. The number of Topliss-reactive ketones (excluding diaryl/α,β-unsaturated/α-hetero) is 1. The van der Waals surface area contributed by atoms with Crippen LogP contribution in [0.2, 0.25) is 0 Å². The van der Waals surface area contributed by atoms with Crippen LogP contribution in [0.3, 0.4) is 0 Å². The lowest BCUT2D eigenvalue weighted by atomic mass is 9.91. The molecule has 1 rings (SSSR count). The largest absolute Gasteiger partial charge is 0.356 e. The molecule has 5 heteroatoms. The van der Waals surface area contributed by atoms with Crippen LogP contribution in [-0.4, -0.2) is 31.2 Å². The van der Waals surface area contributed by atoms with Crippen LogP contribution in [0, 0.1) is 11.8 Å². The summed E-state index contributed by atoms with van der Waals surface area (Å²) in [6.07, 6.45) is 1.21. The lowest BCUT2D eigenvalue weighted by molar-refractivity contribution is -0.140. The molecule has 0 aromatic heterocycles. The van der Waals surface area contributed by atoms with E-state index in [1.54, 1.807) is 6.92 Å². The van der Waals surface area contributed by atoms with Crippen LogP contribution >= 0.6 is 0 Å². The Kier molecular flexibility index (Phi) is 3.82. The van der Waals surface area contributed by atoms with Crippen molar-refractivity contribution < 1.29 is 14.4 Å². The molecule has 5 nitrogen and oxygen atoms in total. The maximum absolute atomic E-state index is 11.4. The van der Waals surface area contributed by atoms with E-state index in [-0.39, 0.29) is 11.8 Å². The zero-order valence-electron chi connectivity index (χ0n) is 9.00. The van der Waals surface area contributed by atoms with Crippen molar-refractivity contribution in [1.29, 1.82) is 0 Å². The molecule has 0 aromatic carbocycles. The van der Waals surface area contributed by atoms with Gasteiger partial charge < -0.3 is 10.6 Å². The number of nitrogens with one attached hydrogen (secondary N) is 2. The van der Waals surface area contributed by atoms with Gasteiger partial charge in [-0.15, -0.1) is 0 Å². The fourth-order valence-corrected chi connectivity index (χ4v) is 1.75. The molecule has 0 spiro atoms. The van der Waals surface area contributed by atoms with Gasteiger partial charge in [-0.3, -0.25) is 14.4 Å². The number of hydrogen-bond donors (Lipinski definition) is 2. The minimum absolute atomic E-state index is 0.00782. The average Bonchev–Trinajstić information content (AvgIpc) is 2.62. The maximum Gasteiger partial charge on any atom is 0.287 e. The van der Waals surface area contributed by atoms with E-state index in [2.05, 4.69) is 10.6 Å². The van der Waals surface area contributed by atoms with Gasteiger partial charge in [0.2, 0.25) is 11.7 Å². The fourth-order valence-electron chi connectivity index (χ4n) is 1.75. The second kappa shape index (κ2) is 4.91. The molecule has 1 aliphatic rings. The van der Waals surface area contributed by atoms with Crippen LogP contribution < -0.4 is 10.6 Å². The highest BCUT2D eigenvalue weighted by atomic mass is 16.2. The van der Waals surface area contributed by atoms with Crippen molar-refractivity contribution in [2.75, 3.05) is 13.6 Å². The van der Waals surface area contributed by atoms with E-state index >= 15 is 0 Å². The molecule has 0 aliphatic carbocycles. The van der Waals surface area contributed by atoms with Crippen molar-refractivity contribution in [3.8, 4) is 0 Å². The van der Waals surface area contributed by atoms with Crippen molar-refractivity contribution >= 4 is 17.6 Å². The number of likely N-dealkylation sites (N-methyl/N-ethyl adjacent to an activating group) is 1. The quantitative estimate of drug-likeness (QED) is 0.615. The Morgan fingerprint density at radius 3 is 2.73 bits per heavy atom. The highest BCUT2D eigenvalue weighted by Gasteiger charge is 2.29. The highest BCUT2D eigenvalue weighted by molar-refractivity contribution is 6.36. The molecule has 84 valence electrons. The predicted octanol–water partition coefficient (Wildman–Crippen LogP) is -0.536. The zero-order valence-corrected chi connectivity index (χ0v) is 9.00. The van der Waals surface area contributed by atoms with Crippen LogP contribution in [0.1, 0.15) is 19.8 Å². The topological polar surface area (TPSA) is 75.3 Å². The van der Waals surface area contributed by atoms with Gasteiger partial charge in [0, 0.05) is 25.4 Å². The van der Waals surface area contributed by atoms with Gasteiger partial charge in [0.05, 0.1) is 0 Å². The van der Waals surface area contributed by atoms with Crippen molar-refractivity contribution in [1.82, 2.24) is 10.6 Å². The molecule has 0 bridgehead atoms. The summed E-state index contributed by atoms with van der Waals surface area (Å²) in [5.41, 5.74) is 0. The summed E-state index contributed by atoms with van der Waals surface area (Å²) >= 11 is 0. The maximum atomic E-state index is 11.4. The Morgan fingerprint density at radius 1 is 1.60 bits per heavy atom. The third-order valence-electron chi connectivity index (χ3n) is 2.70. The summed E-state index contributed by atoms with van der Waals surface area (Å²) in [6.45, 7) is 2.35. The van der Waals surface area contributed by atoms with Gasteiger partial charge >= 0.3 is 0 Å². The number of carbonyl (C=O) groups excluding carboxylic acids is 3. The van der Waals surface area contributed by atoms with Gasteiger partial charge in [-0.05, 0) is 12.8 Å². The summed E-state index contributed by atoms with van der Waals surface area (Å²) in [4.78, 5) is 33.7. The smallest absolute Gasteiger partial charge is 0.287 e. The molecule has 0 aromatic rings. The molecule has 2 atom stereocenters. The Hall–Kier alpha value is -1.39. The van der Waals surface area contributed by atoms with E-state index in [0.29, 0.717) is 13.0 Å². The van der Waals surface area contributed by atoms with E-state index in [1.165, 1.54) is 7.05 Å². The highest BCUT2D eigenvalue weighted by Crippen LogP contribution is 2.19. The lowest BCUT2D eigenvalue weighted by Gasteiger charge is -2.12. The van der Waals surface area contributed by atoms with Crippen LogP contribution in [0.4, 0.5) is 0 Å². The summed E-state index contributed by atoms with van der Waals surface area (Å²) in [5.74, 6) is -1.54. The van der Waals surface area contributed by atoms with E-state index in [9.17, 15) is 14.4 Å². The molecule has 0 saturated carbocycles. The SMILES string of the molecule is CNC(=O)C(=O)C(C)CC1CCNC1=O. The van der Waals surface area contributed by atoms with Crippen LogP contribution in [-0.2, 0) is 14.4 Å². The predicted molar refractivity (Wildman–Crippen MR) is 54.0 cm³/mol. The van der Waals surface area contributed by atoms with Crippen LogP contribution in [0.25, 0.3) is 0 Å². The molecular formula is C10H16N2O3. The second-order valence-corrected chi connectivity index (χ2v) is 3.86. The third kappa shape index (κ3) is 2.78. The number of hydrogen-bond acceptors (Lipinski definition) is 3. The number of rotatable bonds is 4. The summed E-state index contributed by atoms with van der Waals surface area (Å²) in [5, 5.41) is 5.00. The van der Waals surface area contributed by atoms with Gasteiger partial charge in [-0.25, -0.2) is 0 Å². The van der Waals surface area contributed by atoms with Crippen molar-refractivity contribution in [2.45, 2.75) is 19.8 Å². The van der Waals surface area contributed by atoms with E-state index < -0.39 is 17.6 Å². The van der Waals surface area contributed by atoms with Crippen molar-refractivity contribution in [3.63, 3.8) is 0 Å². The second-order valence-electron chi connectivity index (χ2n) is 3.86. The number of amides is 2. The lowest BCUT2D eigenvalue weighted by Crippen LogP contribution is -2.33. The summed E-state index contributed by atoms with van der Waals surface area (Å²) < 4.78 is 0. The molecule has 2 N–H and O–H groups in total. The minimum atomic E-state index is -0.582. The molecule has 1 heterocycles. The van der Waals surface area contributed by atoms with Gasteiger partial charge in [0.25, 0.3) is 5.91 Å². The Bertz CT molecular complexity index is 288. The molecule has 1 saturated heterocycles. The van der Waals surface area contributed by atoms with Crippen LogP contribution in [0.15, 0.2) is 0 Å². The van der Waals surface area contributed by atoms with E-state index in [4.69, 9.17) is 0 Å². The van der Waals surface area contributed by atoms with Gasteiger partial charge in [-0.1, -0.05) is 6.92 Å². The molecule has 1 aliphatic heterocycles. The molecule has 0 radical (unpaired) electrons. The molecule has 2 unspecified atom stereocenters. The van der Waals surface area contributed by atoms with Crippen molar-refractivity contribution in [3.05, 3.63) is 0 Å². The molecule has 15 heavy (non-hydrogen) atoms. The Morgan fingerprint density at radius 2 is 2.27 bits per heavy atom. The Balaban J connectivity index is 2.47. The first kappa shape index (κ1) is 11.7.